The van der Waals surface area contributed by atoms with E-state index in [1.54, 1.807) is 24.3 Å². The van der Waals surface area contributed by atoms with Gasteiger partial charge in [-0.2, -0.15) is 0 Å². The number of carbonyl (C=O) groups is 2. The van der Waals surface area contributed by atoms with E-state index in [2.05, 4.69) is 40.0 Å². The molecule has 1 aromatic heterocycles. The van der Waals surface area contributed by atoms with E-state index in [1.807, 2.05) is 42.6 Å². The van der Waals surface area contributed by atoms with Crippen LogP contribution in [0, 0.1) is 0 Å². The zero-order valence-corrected chi connectivity index (χ0v) is 19.9. The number of rotatable bonds is 7. The number of amides is 2. The molecular weight excluding hydrogens is 438 g/mol. The Labute approximate surface area is 204 Å². The van der Waals surface area contributed by atoms with Gasteiger partial charge in [0.25, 0.3) is 5.91 Å². The quantitative estimate of drug-likeness (QED) is 0.224. The van der Waals surface area contributed by atoms with E-state index in [0.717, 1.165) is 29.6 Å². The fraction of sp³-hybridized carbons (Fsp3) is 0.179. The smallest absolute Gasteiger partial charge is 0.257 e. The fourth-order valence-corrected chi connectivity index (χ4v) is 3.90. The first-order valence-electron chi connectivity index (χ1n) is 11.7. The number of hydrogen-bond donors (Lipinski definition) is 4. The van der Waals surface area contributed by atoms with E-state index in [0.29, 0.717) is 23.8 Å². The number of aryl methyl sites for hydroxylation is 1. The third-order valence-electron chi connectivity index (χ3n) is 5.68. The summed E-state index contributed by atoms with van der Waals surface area (Å²) in [5.41, 5.74) is 5.41. The van der Waals surface area contributed by atoms with Crippen molar-refractivity contribution in [1.82, 2.24) is 10.3 Å². The van der Waals surface area contributed by atoms with Crippen molar-refractivity contribution < 1.29 is 9.59 Å². The minimum absolute atomic E-state index is 0.161. The number of guanidine groups is 1. The van der Waals surface area contributed by atoms with Crippen LogP contribution < -0.4 is 16.0 Å². The van der Waals surface area contributed by atoms with Crippen LogP contribution >= 0.6 is 0 Å². The summed E-state index contributed by atoms with van der Waals surface area (Å²) >= 11 is 0. The molecule has 7 heteroatoms. The lowest BCUT2D eigenvalue weighted by Crippen LogP contribution is -2.36. The lowest BCUT2D eigenvalue weighted by atomic mass is 10.1. The number of aromatic amines is 1. The topological polar surface area (TPSA) is 98.4 Å². The predicted molar refractivity (Wildman–Crippen MR) is 142 cm³/mol. The van der Waals surface area contributed by atoms with Gasteiger partial charge in [0.05, 0.1) is 0 Å². The van der Waals surface area contributed by atoms with Gasteiger partial charge in [-0.3, -0.25) is 19.9 Å². The van der Waals surface area contributed by atoms with Crippen LogP contribution in [0.2, 0.25) is 0 Å². The number of nitrogens with zero attached hydrogens (tertiary/aromatic N) is 1. The zero-order valence-electron chi connectivity index (χ0n) is 19.9. The van der Waals surface area contributed by atoms with Crippen LogP contribution in [0.1, 0.15) is 35.3 Å². The number of carbonyl (C=O) groups excluding carboxylic acids is 2. The number of aromatic nitrogens is 1. The van der Waals surface area contributed by atoms with Crippen LogP contribution in [0.15, 0.2) is 84.0 Å². The lowest BCUT2D eigenvalue weighted by Gasteiger charge is -2.14. The van der Waals surface area contributed by atoms with Gasteiger partial charge < -0.3 is 15.6 Å². The molecule has 35 heavy (non-hydrogen) atoms. The monoisotopic (exact) mass is 467 g/mol. The molecular formula is C28H29N5O2. The van der Waals surface area contributed by atoms with Crippen LogP contribution in [-0.2, 0) is 17.6 Å². The van der Waals surface area contributed by atoms with Gasteiger partial charge in [0.2, 0.25) is 11.9 Å². The molecule has 4 N–H and O–H groups in total. The van der Waals surface area contributed by atoms with Crippen molar-refractivity contribution in [2.75, 3.05) is 17.2 Å². The van der Waals surface area contributed by atoms with Crippen LogP contribution in [-0.4, -0.2) is 29.3 Å². The SMILES string of the molecule is CCc1ccccc1NC(=NCCc1c[nH]c2ccccc12)NC(=O)c1ccc(NC(C)=O)cc1. The summed E-state index contributed by atoms with van der Waals surface area (Å²) < 4.78 is 0. The van der Waals surface area contributed by atoms with E-state index < -0.39 is 0 Å². The number of H-pyrrole nitrogens is 1. The van der Waals surface area contributed by atoms with Crippen molar-refractivity contribution in [3.8, 4) is 0 Å². The predicted octanol–water partition coefficient (Wildman–Crippen LogP) is 5.13. The molecule has 0 spiro atoms. The molecule has 4 aromatic rings. The standard InChI is InChI=1S/C28H29N5O2/c1-3-20-8-4-6-10-25(20)32-28(29-17-16-22-18-30-26-11-7-5-9-24(22)26)33-27(35)21-12-14-23(15-13-21)31-19(2)34/h4-15,18,30H,3,16-17H2,1-2H3,(H,31,34)(H2,29,32,33,35). The molecule has 0 aliphatic carbocycles. The van der Waals surface area contributed by atoms with Crippen molar-refractivity contribution in [1.29, 1.82) is 0 Å². The van der Waals surface area contributed by atoms with E-state index in [-0.39, 0.29) is 11.8 Å². The van der Waals surface area contributed by atoms with E-state index >= 15 is 0 Å². The number of benzene rings is 3. The van der Waals surface area contributed by atoms with Gasteiger partial charge in [0.15, 0.2) is 0 Å². The molecule has 0 fully saturated rings. The number of fused-ring (bicyclic) bond motifs is 1. The largest absolute Gasteiger partial charge is 0.361 e. The summed E-state index contributed by atoms with van der Waals surface area (Å²) in [6.45, 7) is 4.03. The molecule has 0 bridgehead atoms. The van der Waals surface area contributed by atoms with Crippen LogP contribution in [0.25, 0.3) is 10.9 Å². The minimum atomic E-state index is -0.285. The normalized spacial score (nSPS) is 11.3. The van der Waals surface area contributed by atoms with Gasteiger partial charge in [-0.25, -0.2) is 0 Å². The maximum Gasteiger partial charge on any atom is 0.257 e. The van der Waals surface area contributed by atoms with Gasteiger partial charge in [-0.15, -0.1) is 0 Å². The van der Waals surface area contributed by atoms with Crippen molar-refractivity contribution in [3.63, 3.8) is 0 Å². The first-order valence-corrected chi connectivity index (χ1v) is 11.7. The third-order valence-corrected chi connectivity index (χ3v) is 5.68. The molecule has 0 atom stereocenters. The average Bonchev–Trinajstić information content (AvgIpc) is 3.27. The number of aliphatic imine (C=N–C) groups is 1. The number of nitrogens with one attached hydrogen (secondary N) is 4. The fourth-order valence-electron chi connectivity index (χ4n) is 3.90. The van der Waals surface area contributed by atoms with Crippen LogP contribution in [0.5, 0.6) is 0 Å². The van der Waals surface area contributed by atoms with Crippen molar-refractivity contribution >= 4 is 40.1 Å². The summed E-state index contributed by atoms with van der Waals surface area (Å²) in [5, 5.41) is 10.1. The molecule has 4 rings (SSSR count). The van der Waals surface area contributed by atoms with Gasteiger partial charge in [0, 0.05) is 47.5 Å². The molecule has 0 radical (unpaired) electrons. The Balaban J connectivity index is 1.52. The summed E-state index contributed by atoms with van der Waals surface area (Å²) in [7, 11) is 0. The Bertz CT molecular complexity index is 1360. The Morgan fingerprint density at radius 3 is 2.40 bits per heavy atom. The van der Waals surface area contributed by atoms with Crippen molar-refractivity contribution in [2.45, 2.75) is 26.7 Å². The first-order chi connectivity index (χ1) is 17.0. The highest BCUT2D eigenvalue weighted by Crippen LogP contribution is 2.19. The Hall–Kier alpha value is -4.39. The van der Waals surface area contributed by atoms with Crippen LogP contribution in [0.3, 0.4) is 0 Å². The molecule has 7 nitrogen and oxygen atoms in total. The first kappa shape index (κ1) is 23.8. The van der Waals surface area contributed by atoms with E-state index in [4.69, 9.17) is 4.99 Å². The van der Waals surface area contributed by atoms with E-state index in [9.17, 15) is 9.59 Å². The van der Waals surface area contributed by atoms with E-state index in [1.165, 1.54) is 17.9 Å². The Morgan fingerprint density at radius 2 is 1.63 bits per heavy atom. The second kappa shape index (κ2) is 11.2. The van der Waals surface area contributed by atoms with Gasteiger partial charge >= 0.3 is 0 Å². The highest BCUT2D eigenvalue weighted by atomic mass is 16.2. The Morgan fingerprint density at radius 1 is 0.886 bits per heavy atom. The molecule has 0 saturated carbocycles. The van der Waals surface area contributed by atoms with Crippen molar-refractivity contribution in [3.05, 3.63) is 95.7 Å². The highest BCUT2D eigenvalue weighted by Gasteiger charge is 2.11. The zero-order chi connectivity index (χ0) is 24.6. The van der Waals surface area contributed by atoms with Crippen LogP contribution in [0.4, 0.5) is 11.4 Å². The minimum Gasteiger partial charge on any atom is -0.361 e. The lowest BCUT2D eigenvalue weighted by molar-refractivity contribution is -0.114. The number of hydrogen-bond acceptors (Lipinski definition) is 3. The molecule has 0 saturated heterocycles. The molecule has 3 aromatic carbocycles. The maximum absolute atomic E-state index is 13.0. The molecule has 0 aliphatic rings. The average molecular weight is 468 g/mol. The maximum atomic E-state index is 13.0. The number of anilines is 2. The summed E-state index contributed by atoms with van der Waals surface area (Å²) in [6, 6.07) is 22.9. The molecule has 1 heterocycles. The summed E-state index contributed by atoms with van der Waals surface area (Å²) in [6.07, 6.45) is 3.59. The Kier molecular flexibility index (Phi) is 7.57. The second-order valence-corrected chi connectivity index (χ2v) is 8.19. The van der Waals surface area contributed by atoms with Gasteiger partial charge in [0.1, 0.15) is 0 Å². The molecule has 2 amide bonds. The number of para-hydroxylation sites is 2. The van der Waals surface area contributed by atoms with Crippen molar-refractivity contribution in [2.24, 2.45) is 4.99 Å². The second-order valence-electron chi connectivity index (χ2n) is 8.19. The third kappa shape index (κ3) is 6.14. The van der Waals surface area contributed by atoms with Gasteiger partial charge in [-0.1, -0.05) is 43.3 Å². The summed E-state index contributed by atoms with van der Waals surface area (Å²) in [5.74, 6) is -0.0565. The highest BCUT2D eigenvalue weighted by molar-refractivity contribution is 6.10. The van der Waals surface area contributed by atoms with Gasteiger partial charge in [-0.05, 0) is 60.4 Å². The molecule has 178 valence electrons. The molecule has 0 aliphatic heterocycles. The molecule has 0 unspecified atom stereocenters. The summed E-state index contributed by atoms with van der Waals surface area (Å²) in [4.78, 5) is 32.2.